The van der Waals surface area contributed by atoms with Crippen LogP contribution in [0.4, 0.5) is 11.4 Å². The van der Waals surface area contributed by atoms with Gasteiger partial charge in [0, 0.05) is 18.1 Å². The van der Waals surface area contributed by atoms with Gasteiger partial charge >= 0.3 is 0 Å². The van der Waals surface area contributed by atoms with Crippen molar-refractivity contribution >= 4 is 56.4 Å². The van der Waals surface area contributed by atoms with Crippen LogP contribution in [0.2, 0.25) is 10.0 Å². The largest absolute Gasteiger partial charge is 0.339 e. The summed E-state index contributed by atoms with van der Waals surface area (Å²) in [4.78, 5) is 28.3. The van der Waals surface area contributed by atoms with E-state index >= 15 is 0 Å². The molecule has 7 nitrogen and oxygen atoms in total. The molecule has 1 saturated heterocycles. The Morgan fingerprint density at radius 1 is 0.865 bits per heavy atom. The number of carbonyl (C=O) groups excluding carboxylic acids is 2. The van der Waals surface area contributed by atoms with Gasteiger partial charge in [0.2, 0.25) is 5.91 Å². The zero-order valence-corrected chi connectivity index (χ0v) is 22.4. The van der Waals surface area contributed by atoms with Gasteiger partial charge in [0.15, 0.2) is 0 Å². The van der Waals surface area contributed by atoms with Gasteiger partial charge in [0.1, 0.15) is 6.54 Å². The van der Waals surface area contributed by atoms with E-state index in [1.54, 1.807) is 47.4 Å². The first-order valence-electron chi connectivity index (χ1n) is 12.0. The molecular formula is C27H27Cl2N3O4S. The first-order valence-corrected chi connectivity index (χ1v) is 14.2. The maximum absolute atomic E-state index is 13.6. The molecule has 0 saturated carbocycles. The van der Waals surface area contributed by atoms with E-state index in [4.69, 9.17) is 23.2 Å². The van der Waals surface area contributed by atoms with Crippen LogP contribution in [0.25, 0.3) is 0 Å². The van der Waals surface area contributed by atoms with Gasteiger partial charge in [-0.2, -0.15) is 0 Å². The van der Waals surface area contributed by atoms with Gasteiger partial charge in [-0.15, -0.1) is 0 Å². The molecule has 1 N–H and O–H groups in total. The van der Waals surface area contributed by atoms with E-state index in [0.29, 0.717) is 24.3 Å². The molecule has 1 aliphatic heterocycles. The summed E-state index contributed by atoms with van der Waals surface area (Å²) in [7, 11) is -4.17. The highest BCUT2D eigenvalue weighted by atomic mass is 35.5. The van der Waals surface area contributed by atoms with Crippen molar-refractivity contribution in [2.75, 3.05) is 29.3 Å². The minimum atomic E-state index is -4.17. The fourth-order valence-electron chi connectivity index (χ4n) is 4.24. The molecule has 194 valence electrons. The van der Waals surface area contributed by atoms with Gasteiger partial charge in [-0.05, 0) is 55.3 Å². The quantitative estimate of drug-likeness (QED) is 0.393. The van der Waals surface area contributed by atoms with Crippen molar-refractivity contribution in [3.05, 3.63) is 88.4 Å². The molecule has 3 aromatic carbocycles. The lowest BCUT2D eigenvalue weighted by atomic mass is 10.1. The molecule has 1 aliphatic rings. The third-order valence-corrected chi connectivity index (χ3v) is 8.45. The Bertz CT molecular complexity index is 1380. The molecule has 3 aromatic rings. The van der Waals surface area contributed by atoms with Crippen molar-refractivity contribution in [2.24, 2.45) is 0 Å². The Labute approximate surface area is 227 Å². The average Bonchev–Trinajstić information content (AvgIpc) is 3.19. The standard InChI is InChI=1S/C27H27Cl2N3O4S/c28-20-14-15-23(29)25(18-20)32(37(35,36)21-10-4-3-5-11-21)19-26(33)30-24-13-7-6-12-22(24)27(34)31-16-8-1-2-9-17-31/h3-7,10-15,18H,1-2,8-9,16-17,19H2,(H,30,33). The van der Waals surface area contributed by atoms with Crippen molar-refractivity contribution in [1.82, 2.24) is 4.90 Å². The number of anilines is 2. The predicted molar refractivity (Wildman–Crippen MR) is 147 cm³/mol. The Kier molecular flexibility index (Phi) is 8.74. The summed E-state index contributed by atoms with van der Waals surface area (Å²) in [6.07, 6.45) is 4.04. The number of benzene rings is 3. The number of sulfonamides is 1. The highest BCUT2D eigenvalue weighted by Crippen LogP contribution is 2.33. The number of nitrogens with one attached hydrogen (secondary N) is 1. The van der Waals surface area contributed by atoms with Crippen LogP contribution in [0.1, 0.15) is 36.0 Å². The number of nitrogens with zero attached hydrogens (tertiary/aromatic N) is 2. The molecule has 0 spiro atoms. The van der Waals surface area contributed by atoms with Gasteiger partial charge < -0.3 is 10.2 Å². The van der Waals surface area contributed by atoms with E-state index in [1.807, 2.05) is 0 Å². The van der Waals surface area contributed by atoms with Crippen LogP contribution in [-0.4, -0.2) is 44.8 Å². The zero-order chi connectivity index (χ0) is 26.4. The van der Waals surface area contributed by atoms with Gasteiger partial charge in [0.05, 0.1) is 26.9 Å². The van der Waals surface area contributed by atoms with Crippen molar-refractivity contribution in [2.45, 2.75) is 30.6 Å². The molecule has 0 atom stereocenters. The summed E-state index contributed by atoms with van der Waals surface area (Å²) >= 11 is 12.5. The van der Waals surface area contributed by atoms with E-state index in [1.165, 1.54) is 30.3 Å². The van der Waals surface area contributed by atoms with Crippen LogP contribution in [-0.2, 0) is 14.8 Å². The predicted octanol–water partition coefficient (Wildman–Crippen LogP) is 5.84. The fraction of sp³-hybridized carbons (Fsp3) is 0.259. The number of rotatable bonds is 7. The number of halogens is 2. The normalized spacial score (nSPS) is 14.1. The maximum Gasteiger partial charge on any atom is 0.264 e. The van der Waals surface area contributed by atoms with Crippen LogP contribution < -0.4 is 9.62 Å². The van der Waals surface area contributed by atoms with Crippen LogP contribution in [0, 0.1) is 0 Å². The second-order valence-electron chi connectivity index (χ2n) is 8.72. The first kappa shape index (κ1) is 27.0. The molecule has 10 heteroatoms. The summed E-state index contributed by atoms with van der Waals surface area (Å²) in [6.45, 7) is 0.748. The van der Waals surface area contributed by atoms with Crippen LogP contribution in [0.15, 0.2) is 77.7 Å². The number of likely N-dealkylation sites (tertiary alicyclic amines) is 1. The maximum atomic E-state index is 13.6. The minimum absolute atomic E-state index is 0.00409. The molecule has 4 rings (SSSR count). The Hall–Kier alpha value is -3.07. The van der Waals surface area contributed by atoms with Gasteiger partial charge in [-0.1, -0.05) is 66.4 Å². The molecule has 2 amide bonds. The molecule has 0 aromatic heterocycles. The summed E-state index contributed by atoms with van der Waals surface area (Å²) in [5.41, 5.74) is 0.745. The molecule has 1 fully saturated rings. The Morgan fingerprint density at radius 3 is 2.22 bits per heavy atom. The first-order chi connectivity index (χ1) is 17.8. The highest BCUT2D eigenvalue weighted by molar-refractivity contribution is 7.92. The fourth-order valence-corrected chi connectivity index (χ4v) is 6.13. The van der Waals surface area contributed by atoms with Gasteiger partial charge in [0.25, 0.3) is 15.9 Å². The number of carbonyl (C=O) groups is 2. The summed E-state index contributed by atoms with van der Waals surface area (Å²) in [6, 6.07) is 18.9. The molecule has 1 heterocycles. The SMILES string of the molecule is O=C(CN(c1cc(Cl)ccc1Cl)S(=O)(=O)c1ccccc1)Nc1ccccc1C(=O)N1CCCCCC1. The van der Waals surface area contributed by atoms with E-state index in [0.717, 1.165) is 30.0 Å². The van der Waals surface area contributed by atoms with E-state index in [9.17, 15) is 18.0 Å². The van der Waals surface area contributed by atoms with Crippen LogP contribution in [0.5, 0.6) is 0 Å². The van der Waals surface area contributed by atoms with E-state index < -0.39 is 22.5 Å². The number of amides is 2. The molecule has 0 aliphatic carbocycles. The third kappa shape index (κ3) is 6.44. The third-order valence-electron chi connectivity index (χ3n) is 6.12. The number of hydrogen-bond donors (Lipinski definition) is 1. The topological polar surface area (TPSA) is 86.8 Å². The summed E-state index contributed by atoms with van der Waals surface area (Å²) in [5, 5.41) is 3.12. The molecular weight excluding hydrogens is 533 g/mol. The lowest BCUT2D eigenvalue weighted by Crippen LogP contribution is -2.39. The summed E-state index contributed by atoms with van der Waals surface area (Å²) < 4.78 is 28.1. The second kappa shape index (κ2) is 12.0. The highest BCUT2D eigenvalue weighted by Gasteiger charge is 2.29. The van der Waals surface area contributed by atoms with Crippen molar-refractivity contribution in [1.29, 1.82) is 0 Å². The van der Waals surface area contributed by atoms with E-state index in [-0.39, 0.29) is 26.5 Å². The monoisotopic (exact) mass is 559 g/mol. The van der Waals surface area contributed by atoms with E-state index in [2.05, 4.69) is 5.32 Å². The Balaban J connectivity index is 1.63. The molecule has 0 radical (unpaired) electrons. The molecule has 0 unspecified atom stereocenters. The zero-order valence-electron chi connectivity index (χ0n) is 20.1. The second-order valence-corrected chi connectivity index (χ2v) is 11.4. The van der Waals surface area contributed by atoms with Gasteiger partial charge in [-0.3, -0.25) is 13.9 Å². The smallest absolute Gasteiger partial charge is 0.264 e. The lowest BCUT2D eigenvalue weighted by Gasteiger charge is -2.26. The van der Waals surface area contributed by atoms with Gasteiger partial charge in [-0.25, -0.2) is 8.42 Å². The van der Waals surface area contributed by atoms with Crippen molar-refractivity contribution < 1.29 is 18.0 Å². The summed E-state index contributed by atoms with van der Waals surface area (Å²) in [5.74, 6) is -0.795. The Morgan fingerprint density at radius 2 is 1.51 bits per heavy atom. The molecule has 37 heavy (non-hydrogen) atoms. The number of hydrogen-bond acceptors (Lipinski definition) is 4. The minimum Gasteiger partial charge on any atom is -0.339 e. The van der Waals surface area contributed by atoms with Crippen molar-refractivity contribution in [3.8, 4) is 0 Å². The average molecular weight is 561 g/mol. The van der Waals surface area contributed by atoms with Crippen LogP contribution in [0.3, 0.4) is 0 Å². The molecule has 0 bridgehead atoms. The lowest BCUT2D eigenvalue weighted by molar-refractivity contribution is -0.114. The van der Waals surface area contributed by atoms with Crippen molar-refractivity contribution in [3.63, 3.8) is 0 Å². The number of para-hydroxylation sites is 1. The van der Waals surface area contributed by atoms with Crippen LogP contribution >= 0.6 is 23.2 Å².